The fourth-order valence-electron chi connectivity index (χ4n) is 1.93. The zero-order valence-corrected chi connectivity index (χ0v) is 11.6. The van der Waals surface area contributed by atoms with Gasteiger partial charge in [0.1, 0.15) is 5.75 Å². The summed E-state index contributed by atoms with van der Waals surface area (Å²) in [7, 11) is 0. The van der Waals surface area contributed by atoms with Gasteiger partial charge in [-0.2, -0.15) is 0 Å². The lowest BCUT2D eigenvalue weighted by molar-refractivity contribution is -0.117. The lowest BCUT2D eigenvalue weighted by atomic mass is 10.2. The van der Waals surface area contributed by atoms with Crippen LogP contribution in [0, 0.1) is 0 Å². The minimum absolute atomic E-state index is 0.105. The molecule has 3 nitrogen and oxygen atoms in total. The average Bonchev–Trinajstić information content (AvgIpc) is 2.58. The van der Waals surface area contributed by atoms with E-state index in [-0.39, 0.29) is 16.8 Å². The van der Waals surface area contributed by atoms with E-state index in [4.69, 9.17) is 4.74 Å². The van der Waals surface area contributed by atoms with E-state index in [0.717, 1.165) is 11.4 Å². The molecule has 1 aromatic rings. The summed E-state index contributed by atoms with van der Waals surface area (Å²) in [5, 5.41) is 0. The number of benzene rings is 1. The van der Waals surface area contributed by atoms with Gasteiger partial charge in [0.05, 0.1) is 11.8 Å². The standard InChI is InChI=1S/C13H16BrNO2/c1-9(2)17-12-6-4-3-5-11(12)15-8-10(14)7-13(15)16/h3-6,9-10H,7-8H2,1-2H3. The van der Waals surface area contributed by atoms with Gasteiger partial charge in [-0.25, -0.2) is 0 Å². The van der Waals surface area contributed by atoms with Crippen molar-refractivity contribution in [3.8, 4) is 5.75 Å². The minimum atomic E-state index is 0.105. The molecule has 2 rings (SSSR count). The van der Waals surface area contributed by atoms with Crippen LogP contribution in [0.15, 0.2) is 24.3 Å². The Kier molecular flexibility index (Phi) is 3.72. The lowest BCUT2D eigenvalue weighted by Gasteiger charge is -2.21. The second-order valence-corrected chi connectivity index (χ2v) is 5.74. The number of rotatable bonds is 3. The molecule has 1 heterocycles. The summed E-state index contributed by atoms with van der Waals surface area (Å²) in [6.07, 6.45) is 0.657. The van der Waals surface area contributed by atoms with Crippen LogP contribution in [0.25, 0.3) is 0 Å². The van der Waals surface area contributed by atoms with Gasteiger partial charge in [-0.3, -0.25) is 4.79 Å². The first-order valence-corrected chi connectivity index (χ1v) is 6.69. The van der Waals surface area contributed by atoms with E-state index in [1.807, 2.05) is 38.1 Å². The number of para-hydroxylation sites is 2. The Balaban J connectivity index is 2.28. The lowest BCUT2D eigenvalue weighted by Crippen LogP contribution is -2.25. The SMILES string of the molecule is CC(C)Oc1ccccc1N1CC(Br)CC1=O. The van der Waals surface area contributed by atoms with Crippen LogP contribution >= 0.6 is 15.9 Å². The summed E-state index contributed by atoms with van der Waals surface area (Å²) >= 11 is 3.49. The molecule has 1 aliphatic heterocycles. The van der Waals surface area contributed by atoms with Gasteiger partial charge >= 0.3 is 0 Å². The molecule has 1 aromatic carbocycles. The maximum atomic E-state index is 11.9. The van der Waals surface area contributed by atoms with E-state index >= 15 is 0 Å². The van der Waals surface area contributed by atoms with Gasteiger partial charge in [0.25, 0.3) is 0 Å². The van der Waals surface area contributed by atoms with Crippen LogP contribution in [0.2, 0.25) is 0 Å². The number of ether oxygens (including phenoxy) is 1. The highest BCUT2D eigenvalue weighted by molar-refractivity contribution is 9.09. The van der Waals surface area contributed by atoms with Crippen molar-refractivity contribution in [1.82, 2.24) is 0 Å². The predicted molar refractivity (Wildman–Crippen MR) is 71.9 cm³/mol. The number of hydrogen-bond donors (Lipinski definition) is 0. The molecule has 1 fully saturated rings. The quantitative estimate of drug-likeness (QED) is 0.803. The fourth-order valence-corrected chi connectivity index (χ4v) is 2.50. The van der Waals surface area contributed by atoms with E-state index < -0.39 is 0 Å². The van der Waals surface area contributed by atoms with E-state index in [9.17, 15) is 4.79 Å². The van der Waals surface area contributed by atoms with Gasteiger partial charge in [0, 0.05) is 17.8 Å². The molecule has 1 saturated heterocycles. The molecular weight excluding hydrogens is 282 g/mol. The Morgan fingerprint density at radius 3 is 2.71 bits per heavy atom. The second-order valence-electron chi connectivity index (χ2n) is 4.44. The van der Waals surface area contributed by atoms with Gasteiger partial charge in [0.15, 0.2) is 0 Å². The molecule has 1 unspecified atom stereocenters. The van der Waals surface area contributed by atoms with E-state index in [2.05, 4.69) is 15.9 Å². The molecule has 0 bridgehead atoms. The van der Waals surface area contributed by atoms with Crippen molar-refractivity contribution in [2.75, 3.05) is 11.4 Å². The summed E-state index contributed by atoms with van der Waals surface area (Å²) < 4.78 is 5.73. The number of amides is 1. The topological polar surface area (TPSA) is 29.5 Å². The zero-order valence-electron chi connectivity index (χ0n) is 10.0. The Morgan fingerprint density at radius 1 is 1.41 bits per heavy atom. The van der Waals surface area contributed by atoms with Gasteiger partial charge < -0.3 is 9.64 Å². The van der Waals surface area contributed by atoms with Crippen molar-refractivity contribution in [3.05, 3.63) is 24.3 Å². The molecule has 0 aromatic heterocycles. The molecule has 17 heavy (non-hydrogen) atoms. The molecule has 1 atom stereocenters. The third-order valence-corrected chi connectivity index (χ3v) is 3.21. The molecule has 1 aliphatic rings. The molecule has 0 radical (unpaired) electrons. The van der Waals surface area contributed by atoms with E-state index in [1.54, 1.807) is 4.90 Å². The Hall–Kier alpha value is -1.03. The largest absolute Gasteiger partial charge is 0.489 e. The van der Waals surface area contributed by atoms with Crippen molar-refractivity contribution in [3.63, 3.8) is 0 Å². The van der Waals surface area contributed by atoms with Crippen LogP contribution in [-0.4, -0.2) is 23.4 Å². The van der Waals surface area contributed by atoms with Crippen LogP contribution < -0.4 is 9.64 Å². The molecule has 0 N–H and O–H groups in total. The monoisotopic (exact) mass is 297 g/mol. The normalized spacial score (nSPS) is 20.1. The van der Waals surface area contributed by atoms with Crippen molar-refractivity contribution in [1.29, 1.82) is 0 Å². The zero-order chi connectivity index (χ0) is 12.4. The van der Waals surface area contributed by atoms with Crippen molar-refractivity contribution >= 4 is 27.5 Å². The average molecular weight is 298 g/mol. The number of carbonyl (C=O) groups excluding carboxylic acids is 1. The highest BCUT2D eigenvalue weighted by Gasteiger charge is 2.30. The molecule has 4 heteroatoms. The van der Waals surface area contributed by atoms with Crippen LogP contribution in [0.5, 0.6) is 5.75 Å². The maximum Gasteiger partial charge on any atom is 0.228 e. The Bertz CT molecular complexity index is 420. The number of halogens is 1. The second kappa shape index (κ2) is 5.08. The third-order valence-electron chi connectivity index (χ3n) is 2.60. The first-order valence-electron chi connectivity index (χ1n) is 5.78. The van der Waals surface area contributed by atoms with Crippen LogP contribution in [0.4, 0.5) is 5.69 Å². The maximum absolute atomic E-state index is 11.9. The van der Waals surface area contributed by atoms with E-state index in [1.165, 1.54) is 0 Å². The van der Waals surface area contributed by atoms with Gasteiger partial charge in [-0.15, -0.1) is 0 Å². The van der Waals surface area contributed by atoms with E-state index in [0.29, 0.717) is 13.0 Å². The third kappa shape index (κ3) is 2.80. The number of nitrogens with zero attached hydrogens (tertiary/aromatic N) is 1. The Labute approximate surface area is 110 Å². The first-order chi connectivity index (χ1) is 8.08. The van der Waals surface area contributed by atoms with Crippen LogP contribution in [0.3, 0.4) is 0 Å². The van der Waals surface area contributed by atoms with Gasteiger partial charge in [-0.05, 0) is 26.0 Å². The molecule has 0 spiro atoms. The number of alkyl halides is 1. The summed E-state index contributed by atoms with van der Waals surface area (Å²) in [6.45, 7) is 4.67. The highest BCUT2D eigenvalue weighted by atomic mass is 79.9. The van der Waals surface area contributed by atoms with Gasteiger partial charge in [0.2, 0.25) is 5.91 Å². The summed E-state index contributed by atoms with van der Waals surface area (Å²) in [5.41, 5.74) is 0.869. The molecule has 0 saturated carbocycles. The molecular formula is C13H16BrNO2. The summed E-state index contributed by atoms with van der Waals surface area (Å²) in [5.74, 6) is 0.920. The summed E-state index contributed by atoms with van der Waals surface area (Å²) in [6, 6.07) is 7.69. The highest BCUT2D eigenvalue weighted by Crippen LogP contribution is 2.33. The Morgan fingerprint density at radius 2 is 2.12 bits per heavy atom. The number of carbonyl (C=O) groups is 1. The number of anilines is 1. The van der Waals surface area contributed by atoms with Crippen molar-refractivity contribution < 1.29 is 9.53 Å². The smallest absolute Gasteiger partial charge is 0.228 e. The van der Waals surface area contributed by atoms with Crippen molar-refractivity contribution in [2.24, 2.45) is 0 Å². The first kappa shape index (κ1) is 12.4. The van der Waals surface area contributed by atoms with Crippen LogP contribution in [0.1, 0.15) is 20.3 Å². The molecule has 1 amide bonds. The fraction of sp³-hybridized carbons (Fsp3) is 0.462. The minimum Gasteiger partial charge on any atom is -0.489 e. The van der Waals surface area contributed by atoms with Crippen LogP contribution in [-0.2, 0) is 4.79 Å². The number of hydrogen-bond acceptors (Lipinski definition) is 2. The molecule has 92 valence electrons. The summed E-state index contributed by atoms with van der Waals surface area (Å²) in [4.78, 5) is 13.9. The van der Waals surface area contributed by atoms with Crippen molar-refractivity contribution in [2.45, 2.75) is 31.2 Å². The predicted octanol–water partition coefficient (Wildman–Crippen LogP) is 2.97. The molecule has 0 aliphatic carbocycles. The van der Waals surface area contributed by atoms with Gasteiger partial charge in [-0.1, -0.05) is 28.1 Å².